The van der Waals surface area contributed by atoms with Gasteiger partial charge < -0.3 is 15.4 Å². The van der Waals surface area contributed by atoms with Gasteiger partial charge >= 0.3 is 5.97 Å². The first kappa shape index (κ1) is 13.0. The van der Waals surface area contributed by atoms with Gasteiger partial charge in [-0.15, -0.1) is 0 Å². The molecular formula is C12H17N3O2S. The molecule has 0 radical (unpaired) electrons. The average Bonchev–Trinajstić information content (AvgIpc) is 2.67. The quantitative estimate of drug-likeness (QED) is 0.817. The molecule has 0 bridgehead atoms. The van der Waals surface area contributed by atoms with Crippen LogP contribution in [0.4, 0.5) is 11.5 Å². The van der Waals surface area contributed by atoms with E-state index in [1.807, 2.05) is 11.8 Å². The molecule has 1 aliphatic rings. The Balaban J connectivity index is 2.29. The van der Waals surface area contributed by atoms with Gasteiger partial charge in [0.05, 0.1) is 18.4 Å². The van der Waals surface area contributed by atoms with Crippen molar-refractivity contribution < 1.29 is 9.53 Å². The molecule has 1 aromatic heterocycles. The number of carbonyl (C=O) groups is 1. The molecule has 1 aromatic rings. The normalized spacial score (nSPS) is 16.2. The van der Waals surface area contributed by atoms with Crippen molar-refractivity contribution >= 4 is 29.2 Å². The van der Waals surface area contributed by atoms with Crippen LogP contribution >= 0.6 is 11.8 Å². The third-order valence-corrected chi connectivity index (χ3v) is 3.94. The largest absolute Gasteiger partial charge is 0.465 e. The summed E-state index contributed by atoms with van der Waals surface area (Å²) >= 11 is 1.93. The number of ether oxygens (including phenoxy) is 1. The van der Waals surface area contributed by atoms with Crippen molar-refractivity contribution in [3.05, 3.63) is 17.8 Å². The Labute approximate surface area is 111 Å². The smallest absolute Gasteiger partial charge is 0.340 e. The Bertz CT molecular complexity index is 431. The summed E-state index contributed by atoms with van der Waals surface area (Å²) in [6.07, 6.45) is 2.71. The molecule has 1 saturated heterocycles. The van der Waals surface area contributed by atoms with Gasteiger partial charge in [0.2, 0.25) is 0 Å². The zero-order valence-electron chi connectivity index (χ0n) is 10.4. The van der Waals surface area contributed by atoms with E-state index in [2.05, 4.69) is 9.88 Å². The summed E-state index contributed by atoms with van der Waals surface area (Å²) in [5.41, 5.74) is 6.83. The molecule has 2 N–H and O–H groups in total. The molecule has 1 aliphatic heterocycles. The number of methoxy groups -OCH3 is 1. The Morgan fingerprint density at radius 3 is 3.11 bits per heavy atom. The number of nitrogen functional groups attached to an aromatic ring is 1. The molecule has 0 spiro atoms. The Kier molecular flexibility index (Phi) is 4.30. The molecule has 0 saturated carbocycles. The predicted octanol–water partition coefficient (Wildman–Crippen LogP) is 1.39. The summed E-state index contributed by atoms with van der Waals surface area (Å²) in [5.74, 6) is 2.50. The second-order valence-corrected chi connectivity index (χ2v) is 5.27. The second-order valence-electron chi connectivity index (χ2n) is 4.04. The monoisotopic (exact) mass is 267 g/mol. The Morgan fingerprint density at radius 1 is 1.50 bits per heavy atom. The van der Waals surface area contributed by atoms with E-state index >= 15 is 0 Å². The standard InChI is InChI=1S/C12H17N3O2S/c1-17-12(16)9-3-4-14-11(10(9)13)15-5-2-7-18-8-6-15/h3-4H,2,5-8,13H2,1H3. The first-order chi connectivity index (χ1) is 8.74. The first-order valence-corrected chi connectivity index (χ1v) is 7.05. The Morgan fingerprint density at radius 2 is 2.33 bits per heavy atom. The van der Waals surface area contributed by atoms with E-state index < -0.39 is 5.97 Å². The molecule has 6 heteroatoms. The van der Waals surface area contributed by atoms with Gasteiger partial charge in [0.15, 0.2) is 5.82 Å². The highest BCUT2D eigenvalue weighted by molar-refractivity contribution is 7.99. The van der Waals surface area contributed by atoms with Gasteiger partial charge in [-0.2, -0.15) is 11.8 Å². The van der Waals surface area contributed by atoms with Crippen LogP contribution in [0.15, 0.2) is 12.3 Å². The molecule has 0 aromatic carbocycles. The minimum Gasteiger partial charge on any atom is -0.465 e. The maximum Gasteiger partial charge on any atom is 0.340 e. The number of aromatic nitrogens is 1. The molecule has 5 nitrogen and oxygen atoms in total. The molecule has 0 atom stereocenters. The minimum absolute atomic E-state index is 0.388. The highest BCUT2D eigenvalue weighted by atomic mass is 32.2. The summed E-state index contributed by atoms with van der Waals surface area (Å²) in [4.78, 5) is 18.0. The maximum atomic E-state index is 11.6. The lowest BCUT2D eigenvalue weighted by atomic mass is 10.2. The van der Waals surface area contributed by atoms with Gasteiger partial charge in [-0.25, -0.2) is 9.78 Å². The van der Waals surface area contributed by atoms with Crippen LogP contribution in [-0.2, 0) is 4.74 Å². The van der Waals surface area contributed by atoms with Gasteiger partial charge in [-0.05, 0) is 18.2 Å². The number of nitrogens with zero attached hydrogens (tertiary/aromatic N) is 2. The number of carbonyl (C=O) groups excluding carboxylic acids is 1. The lowest BCUT2D eigenvalue weighted by Crippen LogP contribution is -2.28. The van der Waals surface area contributed by atoms with Gasteiger partial charge in [-0.3, -0.25) is 0 Å². The molecule has 1 fully saturated rings. The molecule has 2 rings (SSSR count). The summed E-state index contributed by atoms with van der Waals surface area (Å²) in [6.45, 7) is 1.83. The zero-order chi connectivity index (χ0) is 13.0. The van der Waals surface area contributed by atoms with Crippen molar-refractivity contribution in [2.24, 2.45) is 0 Å². The fraction of sp³-hybridized carbons (Fsp3) is 0.500. The van der Waals surface area contributed by atoms with Crippen LogP contribution < -0.4 is 10.6 Å². The fourth-order valence-corrected chi connectivity index (χ4v) is 2.85. The lowest BCUT2D eigenvalue weighted by Gasteiger charge is -2.23. The highest BCUT2D eigenvalue weighted by Gasteiger charge is 2.19. The summed E-state index contributed by atoms with van der Waals surface area (Å²) in [5, 5.41) is 0. The summed E-state index contributed by atoms with van der Waals surface area (Å²) in [7, 11) is 1.35. The average molecular weight is 267 g/mol. The second kappa shape index (κ2) is 5.95. The Hall–Kier alpha value is -1.43. The fourth-order valence-electron chi connectivity index (χ4n) is 1.96. The van der Waals surface area contributed by atoms with Crippen LogP contribution in [-0.4, -0.2) is 42.7 Å². The number of thioether (sulfide) groups is 1. The zero-order valence-corrected chi connectivity index (χ0v) is 11.2. The molecule has 0 aliphatic carbocycles. The van der Waals surface area contributed by atoms with E-state index in [9.17, 15) is 4.79 Å². The third kappa shape index (κ3) is 2.69. The van der Waals surface area contributed by atoms with Gasteiger partial charge in [-0.1, -0.05) is 0 Å². The number of esters is 1. The van der Waals surface area contributed by atoms with Crippen LogP contribution in [0.3, 0.4) is 0 Å². The highest BCUT2D eigenvalue weighted by Crippen LogP contribution is 2.26. The molecule has 98 valence electrons. The molecule has 0 unspecified atom stereocenters. The number of pyridine rings is 1. The van der Waals surface area contributed by atoms with E-state index in [-0.39, 0.29) is 0 Å². The third-order valence-electron chi connectivity index (χ3n) is 2.90. The topological polar surface area (TPSA) is 68.5 Å². The predicted molar refractivity (Wildman–Crippen MR) is 74.1 cm³/mol. The molecule has 2 heterocycles. The van der Waals surface area contributed by atoms with E-state index in [0.29, 0.717) is 17.1 Å². The van der Waals surface area contributed by atoms with Crippen molar-refractivity contribution in [3.63, 3.8) is 0 Å². The summed E-state index contributed by atoms with van der Waals surface area (Å²) in [6, 6.07) is 1.59. The molecular weight excluding hydrogens is 250 g/mol. The lowest BCUT2D eigenvalue weighted by molar-refractivity contribution is 0.0602. The van der Waals surface area contributed by atoms with Crippen LogP contribution in [0.2, 0.25) is 0 Å². The van der Waals surface area contributed by atoms with E-state index in [0.717, 1.165) is 31.0 Å². The van der Waals surface area contributed by atoms with Crippen LogP contribution in [0.25, 0.3) is 0 Å². The van der Waals surface area contributed by atoms with Crippen molar-refractivity contribution in [2.75, 3.05) is 42.3 Å². The van der Waals surface area contributed by atoms with Gasteiger partial charge in [0.25, 0.3) is 0 Å². The number of hydrogen-bond acceptors (Lipinski definition) is 6. The number of anilines is 2. The number of hydrogen-bond donors (Lipinski definition) is 1. The van der Waals surface area contributed by atoms with Crippen molar-refractivity contribution in [1.29, 1.82) is 0 Å². The summed E-state index contributed by atoms with van der Waals surface area (Å²) < 4.78 is 4.71. The van der Waals surface area contributed by atoms with Crippen molar-refractivity contribution in [3.8, 4) is 0 Å². The maximum absolute atomic E-state index is 11.6. The number of rotatable bonds is 2. The van der Waals surface area contributed by atoms with Crippen LogP contribution in [0, 0.1) is 0 Å². The van der Waals surface area contributed by atoms with E-state index in [1.54, 1.807) is 12.3 Å². The molecule has 0 amide bonds. The minimum atomic E-state index is -0.416. The van der Waals surface area contributed by atoms with E-state index in [4.69, 9.17) is 10.5 Å². The van der Waals surface area contributed by atoms with E-state index in [1.165, 1.54) is 7.11 Å². The van der Waals surface area contributed by atoms with Gasteiger partial charge in [0.1, 0.15) is 0 Å². The SMILES string of the molecule is COC(=O)c1ccnc(N2CCCSCC2)c1N. The van der Waals surface area contributed by atoms with Crippen LogP contribution in [0.1, 0.15) is 16.8 Å². The molecule has 18 heavy (non-hydrogen) atoms. The van der Waals surface area contributed by atoms with Crippen molar-refractivity contribution in [2.45, 2.75) is 6.42 Å². The van der Waals surface area contributed by atoms with Crippen molar-refractivity contribution in [1.82, 2.24) is 4.98 Å². The number of nitrogens with two attached hydrogens (primary N) is 1. The first-order valence-electron chi connectivity index (χ1n) is 5.89. The van der Waals surface area contributed by atoms with Gasteiger partial charge in [0, 0.05) is 25.0 Å². The van der Waals surface area contributed by atoms with Crippen LogP contribution in [0.5, 0.6) is 0 Å².